The average molecular weight is 346 g/mol. The van der Waals surface area contributed by atoms with Crippen molar-refractivity contribution in [3.63, 3.8) is 0 Å². The fraction of sp³-hybridized carbons (Fsp3) is 0.278. The minimum Gasteiger partial charge on any atom is -0.345 e. The van der Waals surface area contributed by atoms with E-state index in [0.717, 1.165) is 23.8 Å². The molecule has 5 nitrogen and oxygen atoms in total. The Morgan fingerprint density at radius 2 is 1.71 bits per heavy atom. The molecule has 0 radical (unpaired) electrons. The number of rotatable bonds is 6. The van der Waals surface area contributed by atoms with Crippen LogP contribution in [0.15, 0.2) is 48.5 Å². The molecule has 128 valence electrons. The molecule has 0 spiro atoms. The molecule has 1 atom stereocenters. The zero-order valence-corrected chi connectivity index (χ0v) is 14.9. The van der Waals surface area contributed by atoms with Gasteiger partial charge in [0.1, 0.15) is 0 Å². The molecule has 0 bridgehead atoms. The lowest BCUT2D eigenvalue weighted by molar-refractivity contribution is 0.0936. The molecule has 0 aliphatic rings. The van der Waals surface area contributed by atoms with E-state index in [1.54, 1.807) is 24.3 Å². The maximum absolute atomic E-state index is 12.6. The van der Waals surface area contributed by atoms with E-state index >= 15 is 0 Å². The number of aryl methyl sites for hydroxylation is 1. The van der Waals surface area contributed by atoms with Crippen molar-refractivity contribution >= 4 is 21.6 Å². The van der Waals surface area contributed by atoms with Gasteiger partial charge in [-0.2, -0.15) is 0 Å². The van der Waals surface area contributed by atoms with Crippen LogP contribution in [0.3, 0.4) is 0 Å². The maximum Gasteiger partial charge on any atom is 0.253 e. The smallest absolute Gasteiger partial charge is 0.253 e. The first-order chi connectivity index (χ1) is 11.3. The normalized spacial score (nSPS) is 12.5. The van der Waals surface area contributed by atoms with Crippen molar-refractivity contribution in [2.45, 2.75) is 26.3 Å². The van der Waals surface area contributed by atoms with Crippen molar-refractivity contribution < 1.29 is 13.2 Å². The summed E-state index contributed by atoms with van der Waals surface area (Å²) in [6.07, 6.45) is 1.79. The third-order valence-electron chi connectivity index (χ3n) is 3.66. The van der Waals surface area contributed by atoms with Gasteiger partial charge in [0.15, 0.2) is 0 Å². The van der Waals surface area contributed by atoms with Crippen LogP contribution in [0.1, 0.15) is 40.9 Å². The molecule has 2 aromatic carbocycles. The van der Waals surface area contributed by atoms with E-state index in [2.05, 4.69) is 10.0 Å². The molecular formula is C18H22N2O3S. The summed E-state index contributed by atoms with van der Waals surface area (Å²) in [4.78, 5) is 12.6. The van der Waals surface area contributed by atoms with E-state index in [0.29, 0.717) is 5.56 Å². The molecule has 24 heavy (non-hydrogen) atoms. The number of para-hydroxylation sites is 1. The van der Waals surface area contributed by atoms with Gasteiger partial charge in [-0.1, -0.05) is 48.9 Å². The lowest BCUT2D eigenvalue weighted by Crippen LogP contribution is -2.29. The predicted octanol–water partition coefficient (Wildman–Crippen LogP) is 3.25. The first kappa shape index (κ1) is 18.0. The molecule has 0 aromatic heterocycles. The fourth-order valence-corrected chi connectivity index (χ4v) is 3.00. The Hall–Kier alpha value is -2.34. The zero-order chi connectivity index (χ0) is 17.7. The van der Waals surface area contributed by atoms with Gasteiger partial charge in [-0.25, -0.2) is 8.42 Å². The molecule has 1 unspecified atom stereocenters. The SMILES string of the molecule is CCC(NC(=O)c1ccccc1NS(C)(=O)=O)c1ccc(C)cc1. The van der Waals surface area contributed by atoms with Crippen LogP contribution in [0.5, 0.6) is 0 Å². The number of carbonyl (C=O) groups is 1. The Morgan fingerprint density at radius 3 is 2.29 bits per heavy atom. The first-order valence-corrected chi connectivity index (χ1v) is 9.63. The number of hydrogen-bond acceptors (Lipinski definition) is 3. The van der Waals surface area contributed by atoms with Crippen LogP contribution < -0.4 is 10.0 Å². The van der Waals surface area contributed by atoms with Gasteiger partial charge in [0.25, 0.3) is 5.91 Å². The van der Waals surface area contributed by atoms with E-state index in [-0.39, 0.29) is 17.6 Å². The Labute approximate surface area is 143 Å². The van der Waals surface area contributed by atoms with Crippen molar-refractivity contribution in [1.82, 2.24) is 5.32 Å². The van der Waals surface area contributed by atoms with Crippen LogP contribution in [-0.2, 0) is 10.0 Å². The Kier molecular flexibility index (Phi) is 5.62. The lowest BCUT2D eigenvalue weighted by atomic mass is 10.0. The highest BCUT2D eigenvalue weighted by Crippen LogP contribution is 2.21. The molecule has 2 N–H and O–H groups in total. The lowest BCUT2D eigenvalue weighted by Gasteiger charge is -2.19. The van der Waals surface area contributed by atoms with Crippen molar-refractivity contribution in [3.8, 4) is 0 Å². The van der Waals surface area contributed by atoms with Gasteiger partial charge in [0.2, 0.25) is 10.0 Å². The van der Waals surface area contributed by atoms with Gasteiger partial charge < -0.3 is 5.32 Å². The Bertz CT molecular complexity index is 814. The van der Waals surface area contributed by atoms with E-state index in [4.69, 9.17) is 0 Å². The molecule has 0 aliphatic heterocycles. The molecule has 0 heterocycles. The largest absolute Gasteiger partial charge is 0.345 e. The maximum atomic E-state index is 12.6. The summed E-state index contributed by atoms with van der Waals surface area (Å²) in [5.74, 6) is -0.311. The Balaban J connectivity index is 2.24. The standard InChI is InChI=1S/C18H22N2O3S/c1-4-16(14-11-9-13(2)10-12-14)19-18(21)15-7-5-6-8-17(15)20-24(3,22)23/h5-12,16,20H,4H2,1-3H3,(H,19,21). The van der Waals surface area contributed by atoms with Crippen LogP contribution in [0.2, 0.25) is 0 Å². The summed E-state index contributed by atoms with van der Waals surface area (Å²) in [5.41, 5.74) is 2.75. The molecule has 0 saturated carbocycles. The number of sulfonamides is 1. The van der Waals surface area contributed by atoms with Gasteiger partial charge in [-0.3, -0.25) is 9.52 Å². The van der Waals surface area contributed by atoms with Crippen LogP contribution in [0.4, 0.5) is 5.69 Å². The summed E-state index contributed by atoms with van der Waals surface area (Å²) in [7, 11) is -3.45. The second-order valence-electron chi connectivity index (χ2n) is 5.76. The van der Waals surface area contributed by atoms with E-state index in [1.807, 2.05) is 38.1 Å². The van der Waals surface area contributed by atoms with E-state index < -0.39 is 10.0 Å². The number of hydrogen-bond donors (Lipinski definition) is 2. The van der Waals surface area contributed by atoms with Crippen molar-refractivity contribution in [2.24, 2.45) is 0 Å². The molecule has 1 amide bonds. The number of anilines is 1. The third kappa shape index (κ3) is 4.83. The van der Waals surface area contributed by atoms with E-state index in [9.17, 15) is 13.2 Å². The van der Waals surface area contributed by atoms with Gasteiger partial charge in [0, 0.05) is 0 Å². The minimum atomic E-state index is -3.45. The van der Waals surface area contributed by atoms with Gasteiger partial charge in [-0.15, -0.1) is 0 Å². The molecule has 0 fully saturated rings. The quantitative estimate of drug-likeness (QED) is 0.843. The number of benzene rings is 2. The summed E-state index contributed by atoms with van der Waals surface area (Å²) < 4.78 is 25.3. The number of amides is 1. The topological polar surface area (TPSA) is 75.3 Å². The molecular weight excluding hydrogens is 324 g/mol. The molecule has 0 aliphatic carbocycles. The molecule has 2 aromatic rings. The molecule has 0 saturated heterocycles. The molecule has 6 heteroatoms. The fourth-order valence-electron chi connectivity index (χ4n) is 2.43. The highest BCUT2D eigenvalue weighted by atomic mass is 32.2. The van der Waals surface area contributed by atoms with Gasteiger partial charge >= 0.3 is 0 Å². The van der Waals surface area contributed by atoms with Gasteiger partial charge in [0.05, 0.1) is 23.5 Å². The number of nitrogens with one attached hydrogen (secondary N) is 2. The predicted molar refractivity (Wildman–Crippen MR) is 96.6 cm³/mol. The highest BCUT2D eigenvalue weighted by Gasteiger charge is 2.17. The second-order valence-corrected chi connectivity index (χ2v) is 7.51. The summed E-state index contributed by atoms with van der Waals surface area (Å²) in [5, 5.41) is 2.97. The Morgan fingerprint density at radius 1 is 1.08 bits per heavy atom. The molecule has 2 rings (SSSR count). The van der Waals surface area contributed by atoms with Crippen LogP contribution in [0, 0.1) is 6.92 Å². The van der Waals surface area contributed by atoms with Crippen LogP contribution in [0.25, 0.3) is 0 Å². The monoisotopic (exact) mass is 346 g/mol. The van der Waals surface area contributed by atoms with Gasteiger partial charge in [-0.05, 0) is 31.0 Å². The first-order valence-electron chi connectivity index (χ1n) is 7.74. The number of carbonyl (C=O) groups excluding carboxylic acids is 1. The van der Waals surface area contributed by atoms with Crippen LogP contribution in [-0.4, -0.2) is 20.6 Å². The summed E-state index contributed by atoms with van der Waals surface area (Å²) >= 11 is 0. The highest BCUT2D eigenvalue weighted by molar-refractivity contribution is 7.92. The third-order valence-corrected chi connectivity index (χ3v) is 4.25. The van der Waals surface area contributed by atoms with Crippen molar-refractivity contribution in [1.29, 1.82) is 0 Å². The zero-order valence-electron chi connectivity index (χ0n) is 14.0. The summed E-state index contributed by atoms with van der Waals surface area (Å²) in [6.45, 7) is 4.00. The van der Waals surface area contributed by atoms with Crippen molar-refractivity contribution in [3.05, 3.63) is 65.2 Å². The van der Waals surface area contributed by atoms with Crippen molar-refractivity contribution in [2.75, 3.05) is 11.0 Å². The minimum absolute atomic E-state index is 0.135. The second kappa shape index (κ2) is 7.49. The van der Waals surface area contributed by atoms with E-state index in [1.165, 1.54) is 0 Å². The average Bonchev–Trinajstić information content (AvgIpc) is 2.52. The van der Waals surface area contributed by atoms with Crippen LogP contribution >= 0.6 is 0 Å². The summed E-state index contributed by atoms with van der Waals surface area (Å²) in [6, 6.07) is 14.4.